The minimum atomic E-state index is -1.07. The molecule has 6 N–H and O–H groups in total. The van der Waals surface area contributed by atoms with E-state index in [1.807, 2.05) is 18.7 Å². The summed E-state index contributed by atoms with van der Waals surface area (Å²) < 4.78 is 15.4. The van der Waals surface area contributed by atoms with E-state index in [1.54, 1.807) is 21.6 Å². The van der Waals surface area contributed by atoms with Crippen LogP contribution in [-0.4, -0.2) is 213 Å². The third-order valence-corrected chi connectivity index (χ3v) is 6.64. The van der Waals surface area contributed by atoms with Gasteiger partial charge in [0.15, 0.2) is 0 Å². The van der Waals surface area contributed by atoms with Gasteiger partial charge in [0, 0.05) is 100 Å². The van der Waals surface area contributed by atoms with Gasteiger partial charge >= 0.3 is 17.9 Å². The van der Waals surface area contributed by atoms with E-state index in [4.69, 9.17) is 30.2 Å². The van der Waals surface area contributed by atoms with E-state index in [1.165, 1.54) is 0 Å². The molecule has 1 unspecified atom stereocenters. The Morgan fingerprint density at radius 2 is 1.12 bits per heavy atom. The van der Waals surface area contributed by atoms with Crippen LogP contribution in [0.15, 0.2) is 0 Å². The van der Waals surface area contributed by atoms with Crippen LogP contribution in [0.25, 0.3) is 5.73 Å². The number of aliphatic hydroxyl groups excluding tert-OH is 2. The van der Waals surface area contributed by atoms with Crippen molar-refractivity contribution in [3.05, 3.63) is 5.73 Å². The van der Waals surface area contributed by atoms with Crippen molar-refractivity contribution in [2.75, 3.05) is 132 Å². The maximum absolute atomic E-state index is 11.7. The average molecular weight is 897 g/mol. The predicted octanol–water partition coefficient (Wildman–Crippen LogP) is -0.889. The molecular weight excluding hydrogens is 834 g/mol. The Balaban J connectivity index is -0.000000447. The number of aldehydes is 1. The van der Waals surface area contributed by atoms with Crippen molar-refractivity contribution in [3.8, 4) is 0 Å². The van der Waals surface area contributed by atoms with Crippen molar-refractivity contribution in [1.82, 2.24) is 19.6 Å². The zero-order chi connectivity index (χ0) is 37.9. The minimum Gasteiger partial charge on any atom is -0.676 e. The zero-order valence-corrected chi connectivity index (χ0v) is 33.1. The summed E-state index contributed by atoms with van der Waals surface area (Å²) in [5, 5.41) is 44.1. The number of nitrogens with one attached hydrogen (secondary N) is 1. The summed E-state index contributed by atoms with van der Waals surface area (Å²) in [4.78, 5) is 62.5. The number of rotatable bonds is 21. The number of aliphatic carboxylic acids is 3. The van der Waals surface area contributed by atoms with Gasteiger partial charge < -0.3 is 50.3 Å². The molecule has 0 amide bonds. The number of hydrogen-bond donors (Lipinski definition) is 5. The van der Waals surface area contributed by atoms with Crippen LogP contribution >= 0.6 is 0 Å². The molecular formula is C31H62N5O13W-. The number of aliphatic hydroxyl groups is 2. The number of carbonyl (C=O) groups excluding carboxylic acids is 2. The first kappa shape index (κ1) is 54.8. The van der Waals surface area contributed by atoms with Gasteiger partial charge in [-0.15, -0.1) is 6.54 Å². The molecule has 1 saturated heterocycles. The van der Waals surface area contributed by atoms with Crippen molar-refractivity contribution in [3.63, 3.8) is 0 Å². The van der Waals surface area contributed by atoms with E-state index in [0.717, 1.165) is 13.4 Å². The molecule has 0 aromatic rings. The molecule has 296 valence electrons. The van der Waals surface area contributed by atoms with Gasteiger partial charge in [-0.05, 0) is 13.3 Å². The molecule has 0 aromatic heterocycles. The van der Waals surface area contributed by atoms with E-state index in [0.29, 0.717) is 85.3 Å². The van der Waals surface area contributed by atoms with Crippen molar-refractivity contribution < 1.29 is 84.8 Å². The number of hydrogen-bond acceptors (Lipinski definition) is 14. The Hall–Kier alpha value is -1.96. The zero-order valence-electron chi connectivity index (χ0n) is 30.2. The van der Waals surface area contributed by atoms with E-state index in [9.17, 15) is 39.3 Å². The molecule has 50 heavy (non-hydrogen) atoms. The Labute approximate surface area is 311 Å². The number of carbonyl (C=O) groups is 5. The summed E-state index contributed by atoms with van der Waals surface area (Å²) in [5.41, 5.74) is 6.82. The fraction of sp³-hybridized carbons (Fsp3) is 0.839. The minimum absolute atomic E-state index is 0. The van der Waals surface area contributed by atoms with Crippen LogP contribution in [0.3, 0.4) is 0 Å². The topological polar surface area (TPSA) is 251 Å². The van der Waals surface area contributed by atoms with Crippen LogP contribution in [0.5, 0.6) is 0 Å². The van der Waals surface area contributed by atoms with Gasteiger partial charge in [0.25, 0.3) is 0 Å². The van der Waals surface area contributed by atoms with Crippen LogP contribution in [0.2, 0.25) is 0 Å². The fourth-order valence-electron chi connectivity index (χ4n) is 4.27. The number of nitrogens with zero attached hydrogens (tertiary/aromatic N) is 4. The van der Waals surface area contributed by atoms with E-state index in [-0.39, 0.29) is 79.1 Å². The molecule has 0 saturated carbocycles. The van der Waals surface area contributed by atoms with Gasteiger partial charge in [0.2, 0.25) is 0 Å². The van der Waals surface area contributed by atoms with Gasteiger partial charge in [-0.25, -0.2) is 0 Å². The summed E-state index contributed by atoms with van der Waals surface area (Å²) in [6.07, 6.45) is 1.25. The second kappa shape index (κ2) is 39.8. The molecule has 1 aliphatic heterocycles. The number of Topliss-reactive ketones (excluding diaryl/α,β-unsaturated/α-hetero) is 1. The number of carboxylic acids is 3. The van der Waals surface area contributed by atoms with E-state index in [2.05, 4.69) is 0 Å². The first-order valence-corrected chi connectivity index (χ1v) is 16.5. The van der Waals surface area contributed by atoms with E-state index < -0.39 is 23.9 Å². The van der Waals surface area contributed by atoms with Crippen LogP contribution in [-0.2, 0) is 59.2 Å². The number of carboxylic acid groups (broad SMARTS) is 3. The number of ether oxygens (including phenoxy) is 3. The van der Waals surface area contributed by atoms with Gasteiger partial charge in [-0.3, -0.25) is 38.8 Å². The second-order valence-electron chi connectivity index (χ2n) is 10.2. The molecule has 19 heteroatoms. The maximum atomic E-state index is 11.7. The normalized spacial score (nSPS) is 15.4. The van der Waals surface area contributed by atoms with Gasteiger partial charge in [-0.2, -0.15) is 0 Å². The first-order valence-electron chi connectivity index (χ1n) is 16.5. The molecule has 1 rings (SSSR count). The predicted molar refractivity (Wildman–Crippen MR) is 182 cm³/mol. The summed E-state index contributed by atoms with van der Waals surface area (Å²) in [5.74, 6) is -2.95. The monoisotopic (exact) mass is 896 g/mol. The quantitative estimate of drug-likeness (QED) is 0.0693. The molecule has 18 nitrogen and oxygen atoms in total. The SMILES string of the molecule is CC.CC(=O)CCOCCOCCOCC[NH-].CO.O=CCN1CCN(CC(=O)O)CCN(CC(=O)O)CCN(C(CCO)C(=O)O)CC1.[W]. The Kier molecular flexibility index (Phi) is 43.6. The van der Waals surface area contributed by atoms with Crippen molar-refractivity contribution in [1.29, 1.82) is 0 Å². The third-order valence-electron chi connectivity index (χ3n) is 6.64. The molecule has 0 spiro atoms. The largest absolute Gasteiger partial charge is 0.676 e. The molecule has 0 radical (unpaired) electrons. The third kappa shape index (κ3) is 34.5. The first-order chi connectivity index (χ1) is 23.5. The Morgan fingerprint density at radius 3 is 1.50 bits per heavy atom. The Bertz CT molecular complexity index is 849. The maximum Gasteiger partial charge on any atom is 0.321 e. The van der Waals surface area contributed by atoms with Crippen molar-refractivity contribution in [2.24, 2.45) is 0 Å². The fourth-order valence-corrected chi connectivity index (χ4v) is 4.27. The Morgan fingerprint density at radius 1 is 0.720 bits per heavy atom. The van der Waals surface area contributed by atoms with Crippen molar-refractivity contribution >= 4 is 30.0 Å². The van der Waals surface area contributed by atoms with Crippen molar-refractivity contribution in [2.45, 2.75) is 39.7 Å². The molecule has 0 aliphatic carbocycles. The second-order valence-corrected chi connectivity index (χ2v) is 10.2. The molecule has 1 heterocycles. The van der Waals surface area contributed by atoms with Crippen LogP contribution in [0.1, 0.15) is 33.6 Å². The van der Waals surface area contributed by atoms with Crippen LogP contribution in [0, 0.1) is 0 Å². The standard InChI is InChI=1S/C18H32N4O8.C10H20NO4.C2H6.CH4O.W/c23-11-1-15(18(29)30)22-8-6-19(10-12-24)2-3-20(13-16(25)26)4-5-21(7-9-22)14-17(27)28;1-10(12)2-4-13-6-8-15-9-7-14-5-3-11;2*1-2;/h12,15,23H,1-11,13-14H2,(H,25,26)(H,27,28)(H,29,30);11H,2-9H2,1H3;1-2H3;2H,1H3;/q;-1;;;. The molecule has 0 aromatic carbocycles. The smallest absolute Gasteiger partial charge is 0.321 e. The summed E-state index contributed by atoms with van der Waals surface area (Å²) in [6, 6.07) is -0.925. The summed E-state index contributed by atoms with van der Waals surface area (Å²) in [7, 11) is 1.00. The van der Waals surface area contributed by atoms with Gasteiger partial charge in [-0.1, -0.05) is 13.8 Å². The van der Waals surface area contributed by atoms with E-state index >= 15 is 0 Å². The summed E-state index contributed by atoms with van der Waals surface area (Å²) in [6.45, 7) is 10.9. The van der Waals surface area contributed by atoms with Crippen LogP contribution in [0.4, 0.5) is 0 Å². The molecule has 0 bridgehead atoms. The number of ketones is 1. The molecule has 1 aliphatic rings. The molecule has 1 fully saturated rings. The van der Waals surface area contributed by atoms with Gasteiger partial charge in [0.1, 0.15) is 18.1 Å². The van der Waals surface area contributed by atoms with Gasteiger partial charge in [0.05, 0.1) is 52.7 Å². The molecule has 1 atom stereocenters. The summed E-state index contributed by atoms with van der Waals surface area (Å²) >= 11 is 0. The average Bonchev–Trinajstić information content (AvgIpc) is 3.06. The van der Waals surface area contributed by atoms with Crippen LogP contribution < -0.4 is 0 Å².